The van der Waals surface area contributed by atoms with Crippen LogP contribution in [-0.2, 0) is 19.1 Å². The van der Waals surface area contributed by atoms with Gasteiger partial charge in [-0.3, -0.25) is 0 Å². The first-order valence-corrected chi connectivity index (χ1v) is 8.40. The highest BCUT2D eigenvalue weighted by atomic mass is 19.4. The molecule has 0 saturated carbocycles. The highest BCUT2D eigenvalue weighted by Crippen LogP contribution is 2.32. The minimum absolute atomic E-state index is 0.0827. The molecule has 7 heteroatoms. The molecule has 0 saturated heterocycles. The lowest BCUT2D eigenvalue weighted by molar-refractivity contribution is -0.141. The first-order chi connectivity index (χ1) is 12.4. The number of anilines is 1. The summed E-state index contributed by atoms with van der Waals surface area (Å²) < 4.78 is 44.6. The van der Waals surface area contributed by atoms with Gasteiger partial charge in [-0.05, 0) is 48.2 Å². The van der Waals surface area contributed by atoms with E-state index < -0.39 is 11.9 Å². The molecule has 1 aliphatic rings. The molecule has 0 radical (unpaired) electrons. The third-order valence-corrected chi connectivity index (χ3v) is 4.25. The third-order valence-electron chi connectivity index (χ3n) is 4.25. The van der Waals surface area contributed by atoms with Gasteiger partial charge in [0, 0.05) is 13.1 Å². The molecule has 136 valence electrons. The zero-order valence-corrected chi connectivity index (χ0v) is 14.3. The Hall–Kier alpha value is -2.75. The number of ether oxygens (including phenoxy) is 1. The van der Waals surface area contributed by atoms with Gasteiger partial charge in [0.1, 0.15) is 23.3 Å². The number of benzene rings is 1. The van der Waals surface area contributed by atoms with Crippen LogP contribution in [0.3, 0.4) is 0 Å². The van der Waals surface area contributed by atoms with Crippen molar-refractivity contribution in [2.45, 2.75) is 32.5 Å². The smallest absolute Gasteiger partial charge is 0.433 e. The molecular weight excluding hydrogens is 343 g/mol. The van der Waals surface area contributed by atoms with E-state index in [4.69, 9.17) is 4.74 Å². The van der Waals surface area contributed by atoms with Gasteiger partial charge in [-0.15, -0.1) is 0 Å². The summed E-state index contributed by atoms with van der Waals surface area (Å²) in [6.45, 7) is 3.58. The Labute approximate surface area is 149 Å². The van der Waals surface area contributed by atoms with Crippen molar-refractivity contribution in [1.29, 1.82) is 5.26 Å². The van der Waals surface area contributed by atoms with Crippen molar-refractivity contribution >= 4 is 5.82 Å². The summed E-state index contributed by atoms with van der Waals surface area (Å²) in [5.41, 5.74) is 1.27. The van der Waals surface area contributed by atoms with E-state index in [1.165, 1.54) is 6.07 Å². The molecule has 1 aromatic carbocycles. The molecule has 1 aromatic heterocycles. The fourth-order valence-corrected chi connectivity index (χ4v) is 2.95. The van der Waals surface area contributed by atoms with E-state index in [1.807, 2.05) is 31.2 Å². The number of nitriles is 1. The van der Waals surface area contributed by atoms with E-state index in [9.17, 15) is 18.4 Å². The van der Waals surface area contributed by atoms with Crippen LogP contribution in [0, 0.1) is 11.3 Å². The molecule has 0 bridgehead atoms. The molecule has 0 unspecified atom stereocenters. The lowest BCUT2D eigenvalue weighted by atomic mass is 9.99. The Morgan fingerprint density at radius 2 is 2.04 bits per heavy atom. The van der Waals surface area contributed by atoms with Gasteiger partial charge in [0.25, 0.3) is 0 Å². The maximum atomic E-state index is 13.0. The van der Waals surface area contributed by atoms with Gasteiger partial charge in [0.2, 0.25) is 0 Å². The second kappa shape index (κ2) is 7.24. The quantitative estimate of drug-likeness (QED) is 0.814. The maximum Gasteiger partial charge on any atom is 0.433 e. The van der Waals surface area contributed by atoms with Crippen molar-refractivity contribution in [1.82, 2.24) is 4.98 Å². The van der Waals surface area contributed by atoms with Crippen molar-refractivity contribution < 1.29 is 17.9 Å². The summed E-state index contributed by atoms with van der Waals surface area (Å²) >= 11 is 0. The van der Waals surface area contributed by atoms with Crippen LogP contribution in [0.2, 0.25) is 0 Å². The van der Waals surface area contributed by atoms with Gasteiger partial charge >= 0.3 is 6.18 Å². The van der Waals surface area contributed by atoms with Crippen LogP contribution in [0.1, 0.15) is 35.7 Å². The number of hydrogen-bond acceptors (Lipinski definition) is 4. The summed E-state index contributed by atoms with van der Waals surface area (Å²) in [6.07, 6.45) is -2.97. The molecule has 4 nitrogen and oxygen atoms in total. The summed E-state index contributed by atoms with van der Waals surface area (Å²) in [6, 6.07) is 9.73. The number of nitrogens with zero attached hydrogens (tertiary/aromatic N) is 3. The Balaban J connectivity index is 1.88. The predicted octanol–water partition coefficient (Wildman–Crippen LogP) is 4.32. The highest BCUT2D eigenvalue weighted by Gasteiger charge is 2.34. The predicted molar refractivity (Wildman–Crippen MR) is 90.9 cm³/mol. The van der Waals surface area contributed by atoms with Crippen LogP contribution in [0.5, 0.6) is 5.75 Å². The van der Waals surface area contributed by atoms with Crippen LogP contribution in [0.15, 0.2) is 30.3 Å². The first kappa shape index (κ1) is 18.1. The number of hydrogen-bond donors (Lipinski definition) is 0. The van der Waals surface area contributed by atoms with Crippen molar-refractivity contribution in [3.05, 3.63) is 52.7 Å². The molecule has 0 atom stereocenters. The SMILES string of the molecule is CCCOc1ccc2c(c1)CCN(c1nc(C(F)(F)F)ccc1C#N)C2. The largest absolute Gasteiger partial charge is 0.494 e. The van der Waals surface area contributed by atoms with Gasteiger partial charge in [0.15, 0.2) is 0 Å². The molecule has 26 heavy (non-hydrogen) atoms. The molecule has 0 amide bonds. The molecule has 2 aromatic rings. The van der Waals surface area contributed by atoms with Crippen LogP contribution in [-0.4, -0.2) is 18.1 Å². The number of alkyl halides is 3. The van der Waals surface area contributed by atoms with Crippen LogP contribution in [0.25, 0.3) is 0 Å². The van der Waals surface area contributed by atoms with Gasteiger partial charge in [0.05, 0.1) is 12.2 Å². The first-order valence-electron chi connectivity index (χ1n) is 8.40. The highest BCUT2D eigenvalue weighted by molar-refractivity contribution is 5.56. The lowest BCUT2D eigenvalue weighted by Gasteiger charge is -2.31. The normalized spacial score (nSPS) is 13.9. The molecular formula is C19H18F3N3O. The van der Waals surface area contributed by atoms with E-state index in [1.54, 1.807) is 4.90 Å². The summed E-state index contributed by atoms with van der Waals surface area (Å²) in [5.74, 6) is 0.883. The van der Waals surface area contributed by atoms with E-state index in [0.29, 0.717) is 26.1 Å². The van der Waals surface area contributed by atoms with Gasteiger partial charge in [-0.25, -0.2) is 4.98 Å². The van der Waals surface area contributed by atoms with Crippen LogP contribution >= 0.6 is 0 Å². The van der Waals surface area contributed by atoms with Gasteiger partial charge in [-0.2, -0.15) is 18.4 Å². The van der Waals surface area contributed by atoms with Gasteiger partial charge in [-0.1, -0.05) is 13.0 Å². The lowest BCUT2D eigenvalue weighted by Crippen LogP contribution is -2.32. The van der Waals surface area contributed by atoms with E-state index in [-0.39, 0.29) is 11.4 Å². The zero-order chi connectivity index (χ0) is 18.7. The summed E-state index contributed by atoms with van der Waals surface area (Å²) in [7, 11) is 0. The average Bonchev–Trinajstić information content (AvgIpc) is 2.64. The zero-order valence-electron chi connectivity index (χ0n) is 14.3. The fourth-order valence-electron chi connectivity index (χ4n) is 2.95. The number of pyridine rings is 1. The Morgan fingerprint density at radius 3 is 2.73 bits per heavy atom. The minimum atomic E-state index is -4.54. The van der Waals surface area contributed by atoms with Crippen molar-refractivity contribution in [3.8, 4) is 11.8 Å². The molecule has 0 N–H and O–H groups in total. The standard InChI is InChI=1S/C19H18F3N3O/c1-2-9-26-16-5-3-15-12-25(8-7-13(15)10-16)18-14(11-23)4-6-17(24-18)19(20,21)22/h3-6,10H,2,7-9,12H2,1H3. The molecule has 0 spiro atoms. The Kier molecular flexibility index (Phi) is 5.03. The second-order valence-electron chi connectivity index (χ2n) is 6.13. The van der Waals surface area contributed by atoms with Crippen molar-refractivity contribution in [2.75, 3.05) is 18.1 Å². The molecule has 1 aliphatic heterocycles. The second-order valence-corrected chi connectivity index (χ2v) is 6.13. The van der Waals surface area contributed by atoms with Crippen molar-refractivity contribution in [2.24, 2.45) is 0 Å². The molecule has 2 heterocycles. The topological polar surface area (TPSA) is 49.1 Å². The number of aromatic nitrogens is 1. The number of fused-ring (bicyclic) bond motifs is 1. The molecule has 3 rings (SSSR count). The number of halogens is 3. The average molecular weight is 361 g/mol. The van der Waals surface area contributed by atoms with E-state index in [2.05, 4.69) is 4.98 Å². The van der Waals surface area contributed by atoms with E-state index >= 15 is 0 Å². The maximum absolute atomic E-state index is 13.0. The minimum Gasteiger partial charge on any atom is -0.494 e. The monoisotopic (exact) mass is 361 g/mol. The number of rotatable bonds is 4. The summed E-state index contributed by atoms with van der Waals surface area (Å²) in [5, 5.41) is 9.24. The molecule has 0 fully saturated rings. The van der Waals surface area contributed by atoms with Crippen LogP contribution in [0.4, 0.5) is 19.0 Å². The Morgan fingerprint density at radius 1 is 1.23 bits per heavy atom. The third kappa shape index (κ3) is 3.74. The van der Waals surface area contributed by atoms with Gasteiger partial charge < -0.3 is 9.64 Å². The fraction of sp³-hybridized carbons (Fsp3) is 0.368. The summed E-state index contributed by atoms with van der Waals surface area (Å²) in [4.78, 5) is 5.45. The van der Waals surface area contributed by atoms with E-state index in [0.717, 1.165) is 29.4 Å². The van der Waals surface area contributed by atoms with Crippen molar-refractivity contribution in [3.63, 3.8) is 0 Å². The molecule has 0 aliphatic carbocycles. The van der Waals surface area contributed by atoms with Crippen LogP contribution < -0.4 is 9.64 Å². The Bertz CT molecular complexity index is 843.